The van der Waals surface area contributed by atoms with E-state index in [1.165, 1.54) is 33.4 Å². The number of ether oxygens (including phenoxy) is 2. The molecule has 3 aliphatic rings. The highest BCUT2D eigenvalue weighted by atomic mass is 16.7. The van der Waals surface area contributed by atoms with E-state index in [4.69, 9.17) is 18.8 Å². The fraction of sp³-hybridized carbons (Fsp3) is 0.286. The van der Waals surface area contributed by atoms with Crippen LogP contribution < -0.4 is 5.46 Å². The standard InChI is InChI=1S/C42H41BO4/c1-41(2)42(3,4)47-43(46-41)36-22-34(30-17-13-28(14-18-30)26-44-39-24-32-9-5-7-11-37(32)39)21-35(23-36)31-19-15-29(16-20-31)27-45-40-25-33-10-6-8-12-38(33)40/h5-23,39-40H,24-27H2,1-4H3. The van der Waals surface area contributed by atoms with E-state index in [2.05, 4.69) is 143 Å². The van der Waals surface area contributed by atoms with Gasteiger partial charge in [0.25, 0.3) is 0 Å². The number of hydrogen-bond donors (Lipinski definition) is 0. The van der Waals surface area contributed by atoms with Gasteiger partial charge >= 0.3 is 7.12 Å². The van der Waals surface area contributed by atoms with Gasteiger partial charge in [0.1, 0.15) is 0 Å². The molecule has 0 bridgehead atoms. The highest BCUT2D eigenvalue weighted by Gasteiger charge is 2.51. The molecule has 0 saturated carbocycles. The highest BCUT2D eigenvalue weighted by molar-refractivity contribution is 6.62. The average molecular weight is 621 g/mol. The first kappa shape index (κ1) is 30.3. The lowest BCUT2D eigenvalue weighted by molar-refractivity contribution is 0.00578. The fourth-order valence-electron chi connectivity index (χ4n) is 6.80. The molecule has 0 amide bonds. The first-order valence-corrected chi connectivity index (χ1v) is 16.8. The molecule has 236 valence electrons. The van der Waals surface area contributed by atoms with Gasteiger partial charge in [-0.1, -0.05) is 109 Å². The lowest BCUT2D eigenvalue weighted by Gasteiger charge is -2.32. The van der Waals surface area contributed by atoms with E-state index in [-0.39, 0.29) is 12.2 Å². The van der Waals surface area contributed by atoms with E-state index >= 15 is 0 Å². The summed E-state index contributed by atoms with van der Waals surface area (Å²) in [6.45, 7) is 9.60. The van der Waals surface area contributed by atoms with Crippen LogP contribution in [0.4, 0.5) is 0 Å². The van der Waals surface area contributed by atoms with Crippen molar-refractivity contribution >= 4 is 12.6 Å². The SMILES string of the molecule is CC1(C)OB(c2cc(-c3ccc(COC4Cc5ccccc54)cc3)cc(-c3ccc(COC4Cc5ccccc54)cc3)c2)OC1(C)C. The van der Waals surface area contributed by atoms with Crippen LogP contribution in [-0.4, -0.2) is 18.3 Å². The van der Waals surface area contributed by atoms with E-state index in [0.717, 1.165) is 40.6 Å². The van der Waals surface area contributed by atoms with Crippen LogP contribution in [0.3, 0.4) is 0 Å². The van der Waals surface area contributed by atoms with Crippen molar-refractivity contribution in [2.24, 2.45) is 0 Å². The number of rotatable bonds is 9. The zero-order valence-electron chi connectivity index (χ0n) is 27.7. The monoisotopic (exact) mass is 620 g/mol. The summed E-state index contributed by atoms with van der Waals surface area (Å²) in [6.07, 6.45) is 2.37. The molecular weight excluding hydrogens is 579 g/mol. The summed E-state index contributed by atoms with van der Waals surface area (Å²) < 4.78 is 25.5. The van der Waals surface area contributed by atoms with Gasteiger partial charge in [-0.05, 0) is 94.9 Å². The van der Waals surface area contributed by atoms with E-state index in [9.17, 15) is 0 Å². The van der Waals surface area contributed by atoms with Gasteiger partial charge in [0, 0.05) is 12.8 Å². The molecule has 1 aliphatic heterocycles. The molecule has 8 rings (SSSR count). The third kappa shape index (κ3) is 5.87. The maximum Gasteiger partial charge on any atom is 0.494 e. The summed E-state index contributed by atoms with van der Waals surface area (Å²) in [6, 6.07) is 41.3. The van der Waals surface area contributed by atoms with Crippen molar-refractivity contribution in [2.75, 3.05) is 0 Å². The van der Waals surface area contributed by atoms with Crippen molar-refractivity contribution in [1.82, 2.24) is 0 Å². The van der Waals surface area contributed by atoms with Crippen LogP contribution in [0.5, 0.6) is 0 Å². The predicted octanol–water partition coefficient (Wildman–Crippen LogP) is 8.95. The fourth-order valence-corrected chi connectivity index (χ4v) is 6.80. The van der Waals surface area contributed by atoms with Gasteiger partial charge in [-0.15, -0.1) is 0 Å². The van der Waals surface area contributed by atoms with Crippen molar-refractivity contribution in [1.29, 1.82) is 0 Å². The van der Waals surface area contributed by atoms with Crippen LogP contribution >= 0.6 is 0 Å². The van der Waals surface area contributed by atoms with E-state index in [1.54, 1.807) is 0 Å². The smallest absolute Gasteiger partial charge is 0.399 e. The second kappa shape index (κ2) is 11.9. The maximum atomic E-state index is 6.51. The highest BCUT2D eigenvalue weighted by Crippen LogP contribution is 2.39. The Morgan fingerprint density at radius 3 is 1.40 bits per heavy atom. The quantitative estimate of drug-likeness (QED) is 0.154. The summed E-state index contributed by atoms with van der Waals surface area (Å²) in [5, 5.41) is 0. The topological polar surface area (TPSA) is 36.9 Å². The summed E-state index contributed by atoms with van der Waals surface area (Å²) in [7, 11) is -0.449. The van der Waals surface area contributed by atoms with Crippen molar-refractivity contribution in [2.45, 2.75) is 77.2 Å². The molecule has 4 nitrogen and oxygen atoms in total. The van der Waals surface area contributed by atoms with Crippen molar-refractivity contribution < 1.29 is 18.8 Å². The first-order valence-electron chi connectivity index (χ1n) is 16.8. The predicted molar refractivity (Wildman–Crippen MR) is 188 cm³/mol. The Hall–Kier alpha value is -4.00. The Morgan fingerprint density at radius 2 is 0.979 bits per heavy atom. The van der Waals surface area contributed by atoms with Crippen LogP contribution in [-0.2, 0) is 44.8 Å². The van der Waals surface area contributed by atoms with Gasteiger partial charge in [0.2, 0.25) is 0 Å². The van der Waals surface area contributed by atoms with Crippen molar-refractivity contribution in [3.05, 3.63) is 149 Å². The summed E-state index contributed by atoms with van der Waals surface area (Å²) in [5.41, 5.74) is 12.5. The average Bonchev–Trinajstić information content (AvgIpc) is 3.28. The third-order valence-corrected chi connectivity index (χ3v) is 10.6. The van der Waals surface area contributed by atoms with Crippen LogP contribution in [0.25, 0.3) is 22.3 Å². The molecule has 5 aromatic rings. The summed E-state index contributed by atoms with van der Waals surface area (Å²) >= 11 is 0. The molecule has 2 unspecified atom stereocenters. The zero-order valence-corrected chi connectivity index (χ0v) is 27.7. The van der Waals surface area contributed by atoms with Crippen LogP contribution in [0.2, 0.25) is 0 Å². The largest absolute Gasteiger partial charge is 0.494 e. The molecule has 1 fully saturated rings. The molecule has 5 aromatic carbocycles. The normalized spacial score (nSPS) is 20.2. The second-order valence-electron chi connectivity index (χ2n) is 14.2. The van der Waals surface area contributed by atoms with Crippen LogP contribution in [0.15, 0.2) is 115 Å². The molecular formula is C42H41BO4. The molecule has 5 heteroatoms. The lowest BCUT2D eigenvalue weighted by atomic mass is 9.76. The minimum atomic E-state index is -0.449. The minimum Gasteiger partial charge on any atom is -0.399 e. The van der Waals surface area contributed by atoms with Gasteiger partial charge in [0.05, 0.1) is 36.6 Å². The Labute approximate surface area is 278 Å². The number of fused-ring (bicyclic) bond motifs is 2. The Balaban J connectivity index is 1.02. The Kier molecular flexibility index (Phi) is 7.69. The van der Waals surface area contributed by atoms with E-state index in [0.29, 0.717) is 13.2 Å². The zero-order chi connectivity index (χ0) is 32.2. The molecule has 0 spiro atoms. The Bertz CT molecular complexity index is 1780. The minimum absolute atomic E-state index is 0.193. The molecule has 47 heavy (non-hydrogen) atoms. The molecule has 2 aliphatic carbocycles. The summed E-state index contributed by atoms with van der Waals surface area (Å²) in [4.78, 5) is 0. The van der Waals surface area contributed by atoms with Crippen molar-refractivity contribution in [3.63, 3.8) is 0 Å². The van der Waals surface area contributed by atoms with Gasteiger partial charge in [-0.25, -0.2) is 0 Å². The summed E-state index contributed by atoms with van der Waals surface area (Å²) in [5.74, 6) is 0. The number of hydrogen-bond acceptors (Lipinski definition) is 4. The molecule has 2 atom stereocenters. The molecule has 1 saturated heterocycles. The number of benzene rings is 5. The van der Waals surface area contributed by atoms with Crippen molar-refractivity contribution in [3.8, 4) is 22.3 Å². The van der Waals surface area contributed by atoms with E-state index in [1.807, 2.05) is 0 Å². The van der Waals surface area contributed by atoms with Gasteiger partial charge in [-0.2, -0.15) is 0 Å². The van der Waals surface area contributed by atoms with E-state index < -0.39 is 18.3 Å². The maximum absolute atomic E-state index is 6.51. The molecule has 0 N–H and O–H groups in total. The Morgan fingerprint density at radius 1 is 0.553 bits per heavy atom. The first-order chi connectivity index (χ1) is 22.7. The van der Waals surface area contributed by atoms with Gasteiger partial charge in [-0.3, -0.25) is 0 Å². The van der Waals surface area contributed by atoms with Gasteiger partial charge < -0.3 is 18.8 Å². The molecule has 0 aromatic heterocycles. The van der Waals surface area contributed by atoms with Crippen LogP contribution in [0.1, 0.15) is 73.3 Å². The lowest BCUT2D eigenvalue weighted by Crippen LogP contribution is -2.41. The third-order valence-electron chi connectivity index (χ3n) is 10.6. The molecule has 1 heterocycles. The second-order valence-corrected chi connectivity index (χ2v) is 14.2. The van der Waals surface area contributed by atoms with Crippen LogP contribution in [0, 0.1) is 0 Å². The molecule has 0 radical (unpaired) electrons. The van der Waals surface area contributed by atoms with Gasteiger partial charge in [0.15, 0.2) is 0 Å².